The zero-order valence-electron chi connectivity index (χ0n) is 16.9. The zero-order chi connectivity index (χ0) is 20.5. The summed E-state index contributed by atoms with van der Waals surface area (Å²) in [6, 6.07) is 3.54. The summed E-state index contributed by atoms with van der Waals surface area (Å²) in [4.78, 5) is 12.7. The largest absolute Gasteiger partial charge is 0.349 e. The third-order valence-corrected chi connectivity index (χ3v) is 7.91. The SMILES string of the molecule is CC1CC(C)CN(S(=O)(=O)c2ccc(F)c(C(=O)NC3CCCCC3C)c2)C1. The molecule has 28 heavy (non-hydrogen) atoms. The molecule has 1 N–H and O–H groups in total. The molecule has 156 valence electrons. The molecule has 1 aliphatic carbocycles. The summed E-state index contributed by atoms with van der Waals surface area (Å²) in [7, 11) is -3.76. The lowest BCUT2D eigenvalue weighted by Gasteiger charge is -2.34. The van der Waals surface area contributed by atoms with E-state index in [1.165, 1.54) is 16.4 Å². The highest BCUT2D eigenvalue weighted by Crippen LogP contribution is 2.28. The monoisotopic (exact) mass is 410 g/mol. The number of sulfonamides is 1. The number of carbonyl (C=O) groups excluding carboxylic acids is 1. The van der Waals surface area contributed by atoms with Gasteiger partial charge in [-0.15, -0.1) is 0 Å². The standard InChI is InChI=1S/C21H31FN2O3S/c1-14-10-15(2)13-24(12-14)28(26,27)17-8-9-19(22)18(11-17)21(25)23-20-7-5-4-6-16(20)3/h8-9,11,14-16,20H,4-7,10,12-13H2,1-3H3,(H,23,25). The van der Waals surface area contributed by atoms with Crippen LogP contribution < -0.4 is 5.32 Å². The van der Waals surface area contributed by atoms with E-state index >= 15 is 0 Å². The highest BCUT2D eigenvalue weighted by atomic mass is 32.2. The van der Waals surface area contributed by atoms with E-state index in [1.807, 2.05) is 13.8 Å². The van der Waals surface area contributed by atoms with Crippen LogP contribution in [0.2, 0.25) is 0 Å². The first kappa shape index (κ1) is 21.2. The summed E-state index contributed by atoms with van der Waals surface area (Å²) in [5, 5.41) is 2.91. The number of hydrogen-bond donors (Lipinski definition) is 1. The zero-order valence-corrected chi connectivity index (χ0v) is 17.8. The third kappa shape index (κ3) is 4.57. The number of benzene rings is 1. The predicted octanol–water partition coefficient (Wildman–Crippen LogP) is 3.80. The van der Waals surface area contributed by atoms with Gasteiger partial charge in [-0.2, -0.15) is 4.31 Å². The first-order valence-electron chi connectivity index (χ1n) is 10.3. The molecule has 1 saturated carbocycles. The van der Waals surface area contributed by atoms with Crippen LogP contribution in [0.3, 0.4) is 0 Å². The van der Waals surface area contributed by atoms with Crippen molar-refractivity contribution >= 4 is 15.9 Å². The molecule has 0 aromatic heterocycles. The molecule has 0 radical (unpaired) electrons. The molecule has 1 amide bonds. The second-order valence-electron chi connectivity index (χ2n) is 8.75. The van der Waals surface area contributed by atoms with Crippen LogP contribution in [0.4, 0.5) is 4.39 Å². The van der Waals surface area contributed by atoms with Gasteiger partial charge in [-0.25, -0.2) is 12.8 Å². The average molecular weight is 411 g/mol. The van der Waals surface area contributed by atoms with E-state index in [0.29, 0.717) is 19.0 Å². The van der Waals surface area contributed by atoms with Gasteiger partial charge in [-0.05, 0) is 55.2 Å². The van der Waals surface area contributed by atoms with Gasteiger partial charge >= 0.3 is 0 Å². The van der Waals surface area contributed by atoms with Crippen molar-refractivity contribution < 1.29 is 17.6 Å². The predicted molar refractivity (Wildman–Crippen MR) is 107 cm³/mol. The quantitative estimate of drug-likeness (QED) is 0.821. The molecule has 1 aromatic rings. The van der Waals surface area contributed by atoms with Gasteiger partial charge in [0.25, 0.3) is 5.91 Å². The Morgan fingerprint density at radius 2 is 1.75 bits per heavy atom. The van der Waals surface area contributed by atoms with Crippen LogP contribution in [-0.2, 0) is 10.0 Å². The van der Waals surface area contributed by atoms with E-state index in [0.717, 1.165) is 38.2 Å². The highest BCUT2D eigenvalue weighted by Gasteiger charge is 2.33. The molecule has 1 aromatic carbocycles. The minimum Gasteiger partial charge on any atom is -0.349 e. The molecular formula is C21H31FN2O3S. The molecule has 1 aliphatic heterocycles. The van der Waals surface area contributed by atoms with Crippen molar-refractivity contribution in [2.75, 3.05) is 13.1 Å². The minimum atomic E-state index is -3.76. The maximum absolute atomic E-state index is 14.4. The lowest BCUT2D eigenvalue weighted by molar-refractivity contribution is 0.0906. The Morgan fingerprint density at radius 1 is 1.11 bits per heavy atom. The molecule has 2 aliphatic rings. The van der Waals surface area contributed by atoms with Crippen molar-refractivity contribution in [2.45, 2.75) is 63.8 Å². The number of nitrogens with one attached hydrogen (secondary N) is 1. The molecule has 7 heteroatoms. The van der Waals surface area contributed by atoms with Crippen LogP contribution in [0.5, 0.6) is 0 Å². The fourth-order valence-corrected chi connectivity index (χ4v) is 6.27. The van der Waals surface area contributed by atoms with Gasteiger partial charge in [0.1, 0.15) is 5.82 Å². The average Bonchev–Trinajstić information content (AvgIpc) is 2.63. The Hall–Kier alpha value is -1.47. The van der Waals surface area contributed by atoms with E-state index in [2.05, 4.69) is 12.2 Å². The molecule has 4 atom stereocenters. The van der Waals surface area contributed by atoms with E-state index in [1.54, 1.807) is 0 Å². The summed E-state index contributed by atoms with van der Waals surface area (Å²) < 4.78 is 42.0. The summed E-state index contributed by atoms with van der Waals surface area (Å²) in [5.41, 5.74) is -0.197. The van der Waals surface area contributed by atoms with Crippen molar-refractivity contribution in [1.29, 1.82) is 0 Å². The van der Waals surface area contributed by atoms with Gasteiger partial charge in [0.2, 0.25) is 10.0 Å². The Bertz CT molecular complexity index is 817. The van der Waals surface area contributed by atoms with Crippen LogP contribution in [0.1, 0.15) is 63.2 Å². The number of piperidine rings is 1. The summed E-state index contributed by atoms with van der Waals surface area (Å²) in [6.45, 7) is 7.05. The fourth-order valence-electron chi connectivity index (χ4n) is 4.57. The van der Waals surface area contributed by atoms with Crippen molar-refractivity contribution in [1.82, 2.24) is 9.62 Å². The van der Waals surface area contributed by atoms with Crippen molar-refractivity contribution in [3.8, 4) is 0 Å². The lowest BCUT2D eigenvalue weighted by atomic mass is 9.86. The molecule has 4 unspecified atom stereocenters. The highest BCUT2D eigenvalue weighted by molar-refractivity contribution is 7.89. The van der Waals surface area contributed by atoms with Crippen LogP contribution >= 0.6 is 0 Å². The van der Waals surface area contributed by atoms with E-state index in [-0.39, 0.29) is 28.3 Å². The molecule has 5 nitrogen and oxygen atoms in total. The van der Waals surface area contributed by atoms with Crippen LogP contribution in [0.25, 0.3) is 0 Å². The number of amides is 1. The normalized spacial score (nSPS) is 29.4. The Kier molecular flexibility index (Phi) is 6.44. The molecule has 0 bridgehead atoms. The van der Waals surface area contributed by atoms with Crippen LogP contribution in [0, 0.1) is 23.6 Å². The maximum atomic E-state index is 14.4. The number of carbonyl (C=O) groups is 1. The van der Waals surface area contributed by atoms with Gasteiger partial charge in [0.15, 0.2) is 0 Å². The topological polar surface area (TPSA) is 66.5 Å². The maximum Gasteiger partial charge on any atom is 0.254 e. The number of hydrogen-bond acceptors (Lipinski definition) is 3. The van der Waals surface area contributed by atoms with Crippen molar-refractivity contribution in [3.05, 3.63) is 29.6 Å². The second kappa shape index (κ2) is 8.49. The molecule has 1 heterocycles. The second-order valence-corrected chi connectivity index (χ2v) is 10.7. The molecule has 2 fully saturated rings. The fraction of sp³-hybridized carbons (Fsp3) is 0.667. The van der Waals surface area contributed by atoms with E-state index < -0.39 is 21.7 Å². The Balaban J connectivity index is 1.83. The van der Waals surface area contributed by atoms with E-state index in [4.69, 9.17) is 0 Å². The number of halogens is 1. The number of nitrogens with zero attached hydrogens (tertiary/aromatic N) is 1. The van der Waals surface area contributed by atoms with Crippen LogP contribution in [-0.4, -0.2) is 37.8 Å². The Labute approximate surface area is 167 Å². The third-order valence-electron chi connectivity index (χ3n) is 6.08. The Morgan fingerprint density at radius 3 is 2.39 bits per heavy atom. The molecule has 1 saturated heterocycles. The van der Waals surface area contributed by atoms with Gasteiger partial charge in [-0.1, -0.05) is 33.6 Å². The van der Waals surface area contributed by atoms with E-state index in [9.17, 15) is 17.6 Å². The lowest BCUT2D eigenvalue weighted by Crippen LogP contribution is -2.43. The summed E-state index contributed by atoms with van der Waals surface area (Å²) in [6.07, 6.45) is 5.08. The van der Waals surface area contributed by atoms with Gasteiger partial charge in [-0.3, -0.25) is 4.79 Å². The minimum absolute atomic E-state index is 0.00436. The number of rotatable bonds is 4. The summed E-state index contributed by atoms with van der Waals surface area (Å²) >= 11 is 0. The molecule has 3 rings (SSSR count). The van der Waals surface area contributed by atoms with Gasteiger partial charge in [0.05, 0.1) is 10.5 Å². The molecule has 0 spiro atoms. The van der Waals surface area contributed by atoms with Gasteiger partial charge in [0, 0.05) is 19.1 Å². The van der Waals surface area contributed by atoms with Crippen molar-refractivity contribution in [2.24, 2.45) is 17.8 Å². The summed E-state index contributed by atoms with van der Waals surface area (Å²) in [5.74, 6) is -0.345. The van der Waals surface area contributed by atoms with Crippen molar-refractivity contribution in [3.63, 3.8) is 0 Å². The molecular weight excluding hydrogens is 379 g/mol. The first-order chi connectivity index (χ1) is 13.2. The first-order valence-corrected chi connectivity index (χ1v) is 11.7. The smallest absolute Gasteiger partial charge is 0.254 e. The van der Waals surface area contributed by atoms with Gasteiger partial charge < -0.3 is 5.32 Å². The van der Waals surface area contributed by atoms with Crippen LogP contribution in [0.15, 0.2) is 23.1 Å².